The topological polar surface area (TPSA) is 60.4 Å². The smallest absolute Gasteiger partial charge is 0.338 e. The summed E-state index contributed by atoms with van der Waals surface area (Å²) in [4.78, 5) is 11.5. The van der Waals surface area contributed by atoms with E-state index in [-0.39, 0.29) is 16.4 Å². The van der Waals surface area contributed by atoms with Crippen LogP contribution in [0.2, 0.25) is 0 Å². The van der Waals surface area contributed by atoms with Crippen LogP contribution in [-0.2, 0) is 13.8 Å². The molecule has 0 heterocycles. The highest BCUT2D eigenvalue weighted by Gasteiger charge is 2.19. The van der Waals surface area contributed by atoms with Crippen LogP contribution >= 0.6 is 10.7 Å². The fourth-order valence-corrected chi connectivity index (χ4v) is 2.25. The molecule has 0 aliphatic heterocycles. The molecule has 0 atom stereocenters. The molecule has 0 saturated carbocycles. The van der Waals surface area contributed by atoms with Crippen LogP contribution in [0, 0.1) is 0 Å². The Morgan fingerprint density at radius 3 is 2.35 bits per heavy atom. The Morgan fingerprint density at radius 2 is 1.94 bits per heavy atom. The zero-order valence-corrected chi connectivity index (χ0v) is 11.3. The molecule has 0 radical (unpaired) electrons. The van der Waals surface area contributed by atoms with Crippen LogP contribution in [0.25, 0.3) is 0 Å². The molecule has 1 aromatic carbocycles. The lowest BCUT2D eigenvalue weighted by Gasteiger charge is -2.11. The van der Waals surface area contributed by atoms with E-state index >= 15 is 0 Å². The Balaban J connectivity index is 3.45. The molecule has 0 amide bonds. The monoisotopic (exact) mass is 276 g/mol. The van der Waals surface area contributed by atoms with Gasteiger partial charge in [0.05, 0.1) is 17.6 Å². The number of ether oxygens (including phenoxy) is 1. The van der Waals surface area contributed by atoms with Crippen molar-refractivity contribution in [2.75, 3.05) is 7.11 Å². The number of methoxy groups -OCH3 is 1. The van der Waals surface area contributed by atoms with Crippen LogP contribution in [-0.4, -0.2) is 21.5 Å². The molecule has 0 N–H and O–H groups in total. The van der Waals surface area contributed by atoms with Gasteiger partial charge in [-0.2, -0.15) is 0 Å². The number of carbonyl (C=O) groups is 1. The van der Waals surface area contributed by atoms with E-state index in [4.69, 9.17) is 10.7 Å². The first-order valence-corrected chi connectivity index (χ1v) is 7.25. The first-order valence-electron chi connectivity index (χ1n) is 4.94. The fourth-order valence-electron chi connectivity index (χ4n) is 1.48. The maximum Gasteiger partial charge on any atom is 0.338 e. The number of carbonyl (C=O) groups excluding carboxylic acids is 1. The van der Waals surface area contributed by atoms with E-state index in [1.54, 1.807) is 6.07 Å². The van der Waals surface area contributed by atoms with Crippen LogP contribution in [0.1, 0.15) is 35.7 Å². The second-order valence-electron chi connectivity index (χ2n) is 3.83. The summed E-state index contributed by atoms with van der Waals surface area (Å²) in [6.07, 6.45) is 0. The van der Waals surface area contributed by atoms with E-state index in [2.05, 4.69) is 4.74 Å². The van der Waals surface area contributed by atoms with Gasteiger partial charge in [0.25, 0.3) is 9.05 Å². The van der Waals surface area contributed by atoms with Gasteiger partial charge in [-0.25, -0.2) is 13.2 Å². The van der Waals surface area contributed by atoms with E-state index in [1.807, 2.05) is 13.8 Å². The molecule has 1 aromatic rings. The van der Waals surface area contributed by atoms with Gasteiger partial charge in [0.2, 0.25) is 0 Å². The SMILES string of the molecule is COC(=O)c1cc(S(=O)(=O)Cl)ccc1C(C)C. The van der Waals surface area contributed by atoms with Gasteiger partial charge >= 0.3 is 5.97 Å². The van der Waals surface area contributed by atoms with Gasteiger partial charge in [0, 0.05) is 10.7 Å². The third-order valence-corrected chi connectivity index (χ3v) is 3.69. The molecule has 0 aliphatic carbocycles. The van der Waals surface area contributed by atoms with E-state index in [0.717, 1.165) is 5.56 Å². The van der Waals surface area contributed by atoms with Crippen molar-refractivity contribution in [1.82, 2.24) is 0 Å². The average Bonchev–Trinajstić information content (AvgIpc) is 2.25. The molecule has 94 valence electrons. The normalized spacial score (nSPS) is 11.6. The molecule has 0 aliphatic rings. The quantitative estimate of drug-likeness (QED) is 0.629. The summed E-state index contributed by atoms with van der Waals surface area (Å²) in [7, 11) is 2.63. The Morgan fingerprint density at radius 1 is 1.35 bits per heavy atom. The highest BCUT2D eigenvalue weighted by atomic mass is 35.7. The van der Waals surface area contributed by atoms with Gasteiger partial charge in [-0.05, 0) is 23.6 Å². The molecule has 17 heavy (non-hydrogen) atoms. The van der Waals surface area contributed by atoms with Crippen molar-refractivity contribution in [2.45, 2.75) is 24.7 Å². The van der Waals surface area contributed by atoms with Crippen LogP contribution < -0.4 is 0 Å². The molecule has 0 saturated heterocycles. The highest BCUT2D eigenvalue weighted by Crippen LogP contribution is 2.25. The zero-order chi connectivity index (χ0) is 13.2. The zero-order valence-electron chi connectivity index (χ0n) is 9.73. The lowest BCUT2D eigenvalue weighted by molar-refractivity contribution is 0.0598. The van der Waals surface area contributed by atoms with Crippen molar-refractivity contribution >= 4 is 25.7 Å². The first kappa shape index (κ1) is 14.0. The van der Waals surface area contributed by atoms with Gasteiger partial charge in [-0.15, -0.1) is 0 Å². The van der Waals surface area contributed by atoms with Gasteiger partial charge in [0.1, 0.15) is 0 Å². The molecular weight excluding hydrogens is 264 g/mol. The number of rotatable bonds is 3. The largest absolute Gasteiger partial charge is 0.465 e. The predicted molar refractivity (Wildman–Crippen MR) is 64.9 cm³/mol. The maximum atomic E-state index is 11.6. The lowest BCUT2D eigenvalue weighted by Crippen LogP contribution is -2.08. The Hall–Kier alpha value is -1.07. The van der Waals surface area contributed by atoms with E-state index in [0.29, 0.717) is 0 Å². The highest BCUT2D eigenvalue weighted by molar-refractivity contribution is 8.13. The summed E-state index contributed by atoms with van der Waals surface area (Å²) in [5, 5.41) is 0. The average molecular weight is 277 g/mol. The Kier molecular flexibility index (Phi) is 4.16. The summed E-state index contributed by atoms with van der Waals surface area (Å²) < 4.78 is 27.0. The summed E-state index contributed by atoms with van der Waals surface area (Å²) in [5.74, 6) is -0.493. The van der Waals surface area contributed by atoms with Crippen molar-refractivity contribution in [1.29, 1.82) is 0 Å². The molecule has 4 nitrogen and oxygen atoms in total. The molecule has 1 rings (SSSR count). The van der Waals surface area contributed by atoms with Crippen molar-refractivity contribution < 1.29 is 17.9 Å². The molecule has 0 aromatic heterocycles. The minimum Gasteiger partial charge on any atom is -0.465 e. The molecule has 0 unspecified atom stereocenters. The van der Waals surface area contributed by atoms with Gasteiger partial charge in [-0.3, -0.25) is 0 Å². The number of hydrogen-bond donors (Lipinski definition) is 0. The second-order valence-corrected chi connectivity index (χ2v) is 6.40. The fraction of sp³-hybridized carbons (Fsp3) is 0.364. The Bertz CT molecular complexity index is 534. The summed E-state index contributed by atoms with van der Waals surface area (Å²) in [6.45, 7) is 3.80. The van der Waals surface area contributed by atoms with E-state index in [9.17, 15) is 13.2 Å². The second kappa shape index (κ2) is 5.06. The minimum absolute atomic E-state index is 0.0798. The van der Waals surface area contributed by atoms with Crippen LogP contribution in [0.3, 0.4) is 0 Å². The van der Waals surface area contributed by atoms with Gasteiger partial charge < -0.3 is 4.74 Å². The van der Waals surface area contributed by atoms with Crippen molar-refractivity contribution in [2.24, 2.45) is 0 Å². The van der Waals surface area contributed by atoms with E-state index < -0.39 is 15.0 Å². The molecule has 0 fully saturated rings. The summed E-state index contributed by atoms with van der Waals surface area (Å²) >= 11 is 0. The molecule has 0 bridgehead atoms. The third-order valence-electron chi connectivity index (χ3n) is 2.33. The third kappa shape index (κ3) is 3.20. The van der Waals surface area contributed by atoms with Crippen molar-refractivity contribution in [3.05, 3.63) is 29.3 Å². The van der Waals surface area contributed by atoms with E-state index in [1.165, 1.54) is 19.2 Å². The van der Waals surface area contributed by atoms with Crippen LogP contribution in [0.4, 0.5) is 0 Å². The van der Waals surface area contributed by atoms with Crippen molar-refractivity contribution in [3.63, 3.8) is 0 Å². The lowest BCUT2D eigenvalue weighted by atomic mass is 9.97. The molecule has 6 heteroatoms. The number of esters is 1. The predicted octanol–water partition coefficient (Wildman–Crippen LogP) is 2.52. The first-order chi connectivity index (χ1) is 7.77. The number of benzene rings is 1. The summed E-state index contributed by atoms with van der Waals surface area (Å²) in [5.41, 5.74) is 0.949. The van der Waals surface area contributed by atoms with Crippen molar-refractivity contribution in [3.8, 4) is 0 Å². The van der Waals surface area contributed by atoms with Gasteiger partial charge in [-0.1, -0.05) is 19.9 Å². The standard InChI is InChI=1S/C11H13ClO4S/c1-7(2)9-5-4-8(17(12,14)15)6-10(9)11(13)16-3/h4-7H,1-3H3. The summed E-state index contributed by atoms with van der Waals surface area (Å²) in [6, 6.07) is 4.19. The number of halogens is 1. The van der Waals surface area contributed by atoms with Crippen LogP contribution in [0.15, 0.2) is 23.1 Å². The maximum absolute atomic E-state index is 11.6. The molecule has 0 spiro atoms. The van der Waals surface area contributed by atoms with Gasteiger partial charge in [0.15, 0.2) is 0 Å². The molecular formula is C11H13ClO4S. The van der Waals surface area contributed by atoms with Crippen LogP contribution in [0.5, 0.6) is 0 Å². The number of hydrogen-bond acceptors (Lipinski definition) is 4. The Labute approximate surface area is 105 Å². The minimum atomic E-state index is -3.85.